The molecule has 2 rings (SSSR count). The van der Waals surface area contributed by atoms with Crippen LogP contribution in [0.3, 0.4) is 0 Å². The lowest BCUT2D eigenvalue weighted by Gasteiger charge is -2.07. The van der Waals surface area contributed by atoms with Gasteiger partial charge in [0.15, 0.2) is 5.76 Å². The van der Waals surface area contributed by atoms with E-state index in [0.717, 1.165) is 11.1 Å². The maximum Gasteiger partial charge on any atom is 0.291 e. The predicted molar refractivity (Wildman–Crippen MR) is 71.8 cm³/mol. The monoisotopic (exact) mass is 255 g/mol. The van der Waals surface area contributed by atoms with Gasteiger partial charge >= 0.3 is 0 Å². The Kier molecular flexibility index (Phi) is 4.01. The Morgan fingerprint density at radius 1 is 1.42 bits per heavy atom. The van der Waals surface area contributed by atoms with Crippen molar-refractivity contribution in [3.63, 3.8) is 0 Å². The highest BCUT2D eigenvalue weighted by atomic mass is 16.3. The Labute approximate surface area is 111 Å². The lowest BCUT2D eigenvalue weighted by Crippen LogP contribution is -2.11. The van der Waals surface area contributed by atoms with Crippen molar-refractivity contribution >= 4 is 11.6 Å². The lowest BCUT2D eigenvalue weighted by molar-refractivity contribution is 0.0996. The summed E-state index contributed by atoms with van der Waals surface area (Å²) in [5, 5.41) is 11.4. The number of rotatable bonds is 2. The second-order valence-corrected chi connectivity index (χ2v) is 3.92. The number of carbonyl (C=O) groups is 1. The summed E-state index contributed by atoms with van der Waals surface area (Å²) in [6.45, 7) is 1.70. The van der Waals surface area contributed by atoms with Gasteiger partial charge in [0, 0.05) is 11.3 Å². The Bertz CT molecular complexity index is 633. The number of furan rings is 1. The maximum atomic E-state index is 11.9. The molecule has 1 heterocycles. The topological polar surface area (TPSA) is 62.5 Å². The van der Waals surface area contributed by atoms with Gasteiger partial charge in [-0.3, -0.25) is 4.79 Å². The average Bonchev–Trinajstić information content (AvgIpc) is 2.93. The van der Waals surface area contributed by atoms with Gasteiger partial charge in [-0.05, 0) is 36.8 Å². The van der Waals surface area contributed by atoms with E-state index in [1.807, 2.05) is 19.1 Å². The van der Waals surface area contributed by atoms with E-state index in [1.54, 1.807) is 18.2 Å². The highest BCUT2D eigenvalue weighted by Gasteiger charge is 2.10. The van der Waals surface area contributed by atoms with Crippen LogP contribution in [0.2, 0.25) is 0 Å². The van der Waals surface area contributed by atoms with Crippen molar-refractivity contribution in [2.75, 3.05) is 11.9 Å². The number of nitrogens with one attached hydrogen (secondary N) is 1. The van der Waals surface area contributed by atoms with E-state index in [9.17, 15) is 4.79 Å². The summed E-state index contributed by atoms with van der Waals surface area (Å²) in [7, 11) is 0. The molecule has 0 atom stereocenters. The highest BCUT2D eigenvalue weighted by Crippen LogP contribution is 2.17. The fraction of sp³-hybridized carbons (Fsp3) is 0.133. The summed E-state index contributed by atoms with van der Waals surface area (Å²) in [5.74, 6) is 5.31. The Hall–Kier alpha value is -2.51. The van der Waals surface area contributed by atoms with Crippen molar-refractivity contribution < 1.29 is 14.3 Å². The van der Waals surface area contributed by atoms with Gasteiger partial charge in [0.2, 0.25) is 0 Å². The zero-order valence-corrected chi connectivity index (χ0v) is 10.4. The highest BCUT2D eigenvalue weighted by molar-refractivity contribution is 6.02. The van der Waals surface area contributed by atoms with Crippen LogP contribution in [0, 0.1) is 18.8 Å². The third kappa shape index (κ3) is 3.24. The molecule has 19 heavy (non-hydrogen) atoms. The summed E-state index contributed by atoms with van der Waals surface area (Å²) in [6, 6.07) is 8.71. The van der Waals surface area contributed by atoms with Crippen LogP contribution in [0.25, 0.3) is 0 Å². The van der Waals surface area contributed by atoms with Crippen molar-refractivity contribution in [2.24, 2.45) is 0 Å². The van der Waals surface area contributed by atoms with E-state index >= 15 is 0 Å². The van der Waals surface area contributed by atoms with E-state index in [2.05, 4.69) is 17.2 Å². The Morgan fingerprint density at radius 2 is 2.26 bits per heavy atom. The number of aliphatic hydroxyl groups is 1. The summed E-state index contributed by atoms with van der Waals surface area (Å²) in [5.41, 5.74) is 2.33. The molecule has 4 heteroatoms. The molecule has 0 aliphatic carbocycles. The molecule has 0 fully saturated rings. The van der Waals surface area contributed by atoms with Crippen LogP contribution in [0.15, 0.2) is 41.0 Å². The van der Waals surface area contributed by atoms with Gasteiger partial charge in [0.25, 0.3) is 5.91 Å². The third-order valence-corrected chi connectivity index (χ3v) is 2.54. The molecule has 0 unspecified atom stereocenters. The van der Waals surface area contributed by atoms with E-state index in [0.29, 0.717) is 5.69 Å². The van der Waals surface area contributed by atoms with Crippen molar-refractivity contribution in [1.82, 2.24) is 0 Å². The second-order valence-electron chi connectivity index (χ2n) is 3.92. The minimum Gasteiger partial charge on any atom is -0.459 e. The standard InChI is InChI=1S/C15H13NO3/c1-11-6-7-12(4-2-8-17)10-13(11)16-15(18)14-5-3-9-19-14/h3,5-7,9-10,17H,8H2,1H3,(H,16,18). The minimum atomic E-state index is -0.305. The first kappa shape index (κ1) is 12.9. The number of carbonyl (C=O) groups excluding carboxylic acids is 1. The van der Waals surface area contributed by atoms with Gasteiger partial charge in [-0.2, -0.15) is 0 Å². The molecule has 2 aromatic rings. The molecular weight excluding hydrogens is 242 g/mol. The Morgan fingerprint density at radius 3 is 2.95 bits per heavy atom. The molecule has 0 spiro atoms. The van der Waals surface area contributed by atoms with Gasteiger partial charge in [-0.25, -0.2) is 0 Å². The molecule has 0 bridgehead atoms. The molecule has 96 valence electrons. The number of aryl methyl sites for hydroxylation is 1. The molecular formula is C15H13NO3. The van der Waals surface area contributed by atoms with Gasteiger partial charge < -0.3 is 14.8 Å². The van der Waals surface area contributed by atoms with Gasteiger partial charge in [-0.15, -0.1) is 0 Å². The van der Waals surface area contributed by atoms with Gasteiger partial charge in [-0.1, -0.05) is 17.9 Å². The van der Waals surface area contributed by atoms with Crippen LogP contribution < -0.4 is 5.32 Å². The predicted octanol–water partition coefficient (Wildman–Crippen LogP) is 2.18. The summed E-state index contributed by atoms with van der Waals surface area (Å²) < 4.78 is 5.03. The van der Waals surface area contributed by atoms with Crippen LogP contribution in [-0.2, 0) is 0 Å². The maximum absolute atomic E-state index is 11.9. The number of anilines is 1. The van der Waals surface area contributed by atoms with Crippen LogP contribution in [0.4, 0.5) is 5.69 Å². The SMILES string of the molecule is Cc1ccc(C#CCO)cc1NC(=O)c1ccco1. The zero-order valence-electron chi connectivity index (χ0n) is 10.4. The van der Waals surface area contributed by atoms with E-state index in [-0.39, 0.29) is 18.3 Å². The summed E-state index contributed by atoms with van der Waals surface area (Å²) >= 11 is 0. The number of hydrogen-bond acceptors (Lipinski definition) is 3. The van der Waals surface area contributed by atoms with Crippen LogP contribution in [0.5, 0.6) is 0 Å². The molecule has 2 N–H and O–H groups in total. The van der Waals surface area contributed by atoms with Gasteiger partial charge in [0.1, 0.15) is 6.61 Å². The van der Waals surface area contributed by atoms with Crippen LogP contribution >= 0.6 is 0 Å². The first-order valence-electron chi connectivity index (χ1n) is 5.76. The molecule has 1 aromatic carbocycles. The van der Waals surface area contributed by atoms with Crippen molar-refractivity contribution in [3.05, 3.63) is 53.5 Å². The smallest absolute Gasteiger partial charge is 0.291 e. The molecule has 4 nitrogen and oxygen atoms in total. The molecule has 0 saturated heterocycles. The van der Waals surface area contributed by atoms with E-state index < -0.39 is 0 Å². The molecule has 0 aliphatic rings. The van der Waals surface area contributed by atoms with Crippen LogP contribution in [0.1, 0.15) is 21.7 Å². The molecule has 0 aliphatic heterocycles. The molecule has 0 radical (unpaired) electrons. The van der Waals surface area contributed by atoms with Crippen molar-refractivity contribution in [2.45, 2.75) is 6.92 Å². The summed E-state index contributed by atoms with van der Waals surface area (Å²) in [6.07, 6.45) is 1.45. The van der Waals surface area contributed by atoms with Gasteiger partial charge in [0.05, 0.1) is 6.26 Å². The molecule has 1 amide bonds. The molecule has 1 aromatic heterocycles. The number of hydrogen-bond donors (Lipinski definition) is 2. The largest absolute Gasteiger partial charge is 0.459 e. The van der Waals surface area contributed by atoms with Crippen LogP contribution in [-0.4, -0.2) is 17.6 Å². The number of benzene rings is 1. The third-order valence-electron chi connectivity index (χ3n) is 2.54. The second kappa shape index (κ2) is 5.89. The summed E-state index contributed by atoms with van der Waals surface area (Å²) in [4.78, 5) is 11.9. The first-order chi connectivity index (χ1) is 9.20. The quantitative estimate of drug-likeness (QED) is 0.808. The fourth-order valence-electron chi connectivity index (χ4n) is 1.57. The fourth-order valence-corrected chi connectivity index (χ4v) is 1.57. The zero-order chi connectivity index (χ0) is 13.7. The number of amides is 1. The molecule has 0 saturated carbocycles. The van der Waals surface area contributed by atoms with E-state index in [4.69, 9.17) is 9.52 Å². The number of aliphatic hydroxyl groups excluding tert-OH is 1. The van der Waals surface area contributed by atoms with Crippen molar-refractivity contribution in [1.29, 1.82) is 0 Å². The first-order valence-corrected chi connectivity index (χ1v) is 5.76. The average molecular weight is 255 g/mol. The minimum absolute atomic E-state index is 0.192. The van der Waals surface area contributed by atoms with Crippen molar-refractivity contribution in [3.8, 4) is 11.8 Å². The lowest BCUT2D eigenvalue weighted by atomic mass is 10.1. The normalized spacial score (nSPS) is 9.58. The Balaban J connectivity index is 2.22. The van der Waals surface area contributed by atoms with E-state index in [1.165, 1.54) is 6.26 Å².